The molecule has 2 atom stereocenters. The summed E-state index contributed by atoms with van der Waals surface area (Å²) in [5.74, 6) is 0.129. The summed E-state index contributed by atoms with van der Waals surface area (Å²) in [4.78, 5) is 2.42. The second-order valence-corrected chi connectivity index (χ2v) is 5.89. The number of allylic oxidation sites excluding steroid dienone is 3. The topological polar surface area (TPSA) is 0 Å². The Kier molecular flexibility index (Phi) is 2.62. The van der Waals surface area contributed by atoms with Crippen LogP contribution in [0.2, 0.25) is 0 Å². The van der Waals surface area contributed by atoms with Gasteiger partial charge in [-0.2, -0.15) is 0 Å². The SMILES string of the molecule is CCc1cccc(SC2=CC3CC3(F)C=C2)c1. The molecule has 0 radical (unpaired) electrons. The largest absolute Gasteiger partial charge is 0.239 e. The Morgan fingerprint density at radius 1 is 1.47 bits per heavy atom. The number of rotatable bonds is 3. The first-order valence-corrected chi connectivity index (χ1v) is 6.88. The van der Waals surface area contributed by atoms with Crippen LogP contribution < -0.4 is 0 Å². The highest BCUT2D eigenvalue weighted by Crippen LogP contribution is 2.53. The van der Waals surface area contributed by atoms with Gasteiger partial charge in [-0.05, 0) is 42.7 Å². The summed E-state index contributed by atoms with van der Waals surface area (Å²) >= 11 is 1.73. The average molecular weight is 246 g/mol. The van der Waals surface area contributed by atoms with Crippen molar-refractivity contribution in [1.29, 1.82) is 0 Å². The molecule has 17 heavy (non-hydrogen) atoms. The van der Waals surface area contributed by atoms with Gasteiger partial charge < -0.3 is 0 Å². The molecule has 88 valence electrons. The van der Waals surface area contributed by atoms with Crippen LogP contribution in [0.1, 0.15) is 18.9 Å². The van der Waals surface area contributed by atoms with Gasteiger partial charge in [-0.3, -0.25) is 0 Å². The number of aryl methyl sites for hydroxylation is 1. The van der Waals surface area contributed by atoms with E-state index in [2.05, 4.69) is 37.3 Å². The molecule has 0 amide bonds. The lowest BCUT2D eigenvalue weighted by atomic mass is 10.2. The van der Waals surface area contributed by atoms with Crippen molar-refractivity contribution in [3.8, 4) is 0 Å². The van der Waals surface area contributed by atoms with Crippen molar-refractivity contribution >= 4 is 11.8 Å². The minimum absolute atomic E-state index is 0.129. The van der Waals surface area contributed by atoms with E-state index in [9.17, 15) is 4.39 Å². The lowest BCUT2D eigenvalue weighted by Gasteiger charge is -2.09. The maximum Gasteiger partial charge on any atom is 0.136 e. The molecule has 2 unspecified atom stereocenters. The van der Waals surface area contributed by atoms with Gasteiger partial charge in [0.1, 0.15) is 5.67 Å². The summed E-state index contributed by atoms with van der Waals surface area (Å²) in [6.45, 7) is 2.16. The summed E-state index contributed by atoms with van der Waals surface area (Å²) in [5, 5.41) is 0. The normalized spacial score (nSPS) is 29.8. The van der Waals surface area contributed by atoms with Gasteiger partial charge in [-0.1, -0.05) is 36.9 Å². The Bertz CT molecular complexity index is 503. The van der Waals surface area contributed by atoms with Crippen LogP contribution in [0.3, 0.4) is 0 Å². The summed E-state index contributed by atoms with van der Waals surface area (Å²) in [6, 6.07) is 8.56. The monoisotopic (exact) mass is 246 g/mol. The van der Waals surface area contributed by atoms with E-state index in [0.717, 1.165) is 6.42 Å². The molecule has 1 saturated carbocycles. The molecule has 0 aromatic heterocycles. The van der Waals surface area contributed by atoms with Gasteiger partial charge in [-0.15, -0.1) is 0 Å². The number of hydrogen-bond donors (Lipinski definition) is 0. The predicted octanol–water partition coefficient (Wildman–Crippen LogP) is 4.52. The lowest BCUT2D eigenvalue weighted by Crippen LogP contribution is -2.00. The van der Waals surface area contributed by atoms with Gasteiger partial charge in [0.15, 0.2) is 0 Å². The highest BCUT2D eigenvalue weighted by atomic mass is 32.2. The number of benzene rings is 1. The van der Waals surface area contributed by atoms with Crippen LogP contribution in [0.15, 0.2) is 52.3 Å². The lowest BCUT2D eigenvalue weighted by molar-refractivity contribution is 0.361. The Labute approximate surface area is 106 Å². The molecule has 2 heteroatoms. The fourth-order valence-corrected chi connectivity index (χ4v) is 3.17. The first-order chi connectivity index (χ1) is 8.19. The van der Waals surface area contributed by atoms with E-state index >= 15 is 0 Å². The van der Waals surface area contributed by atoms with Crippen molar-refractivity contribution in [2.45, 2.75) is 30.3 Å². The smallest absolute Gasteiger partial charge is 0.136 e. The van der Waals surface area contributed by atoms with Crippen LogP contribution in [0.4, 0.5) is 4.39 Å². The highest BCUT2D eigenvalue weighted by molar-refractivity contribution is 8.03. The standard InChI is InChI=1S/C15H15FS/c1-2-11-4-3-5-13(8-11)17-14-6-7-15(16)10-12(15)9-14/h3-9,12H,2,10H2,1H3. The average Bonchev–Trinajstić information content (AvgIpc) is 3.00. The van der Waals surface area contributed by atoms with Crippen LogP contribution in [0, 0.1) is 5.92 Å². The van der Waals surface area contributed by atoms with Crippen LogP contribution >= 0.6 is 11.8 Å². The number of hydrogen-bond acceptors (Lipinski definition) is 1. The van der Waals surface area contributed by atoms with Crippen molar-refractivity contribution in [2.75, 3.05) is 0 Å². The molecular formula is C15H15FS. The minimum atomic E-state index is -1.00. The van der Waals surface area contributed by atoms with Crippen molar-refractivity contribution in [3.63, 3.8) is 0 Å². The van der Waals surface area contributed by atoms with Gasteiger partial charge in [0.05, 0.1) is 0 Å². The third-order valence-corrected chi connectivity index (χ3v) is 4.42. The fourth-order valence-electron chi connectivity index (χ4n) is 2.17. The van der Waals surface area contributed by atoms with Gasteiger partial charge >= 0.3 is 0 Å². The highest BCUT2D eigenvalue weighted by Gasteiger charge is 2.53. The molecule has 0 N–H and O–H groups in total. The maximum atomic E-state index is 13.6. The van der Waals surface area contributed by atoms with Gasteiger partial charge in [-0.25, -0.2) is 4.39 Å². The third-order valence-electron chi connectivity index (χ3n) is 3.42. The van der Waals surface area contributed by atoms with E-state index in [0.29, 0.717) is 6.42 Å². The molecule has 0 bridgehead atoms. The van der Waals surface area contributed by atoms with Gasteiger partial charge in [0, 0.05) is 15.7 Å². The van der Waals surface area contributed by atoms with E-state index in [-0.39, 0.29) is 5.92 Å². The number of fused-ring (bicyclic) bond motifs is 1. The fraction of sp³-hybridized carbons (Fsp3) is 0.333. The van der Waals surface area contributed by atoms with E-state index in [1.165, 1.54) is 15.4 Å². The van der Waals surface area contributed by atoms with Gasteiger partial charge in [0.2, 0.25) is 0 Å². The number of alkyl halides is 1. The van der Waals surface area contributed by atoms with Crippen LogP contribution in [-0.4, -0.2) is 5.67 Å². The minimum Gasteiger partial charge on any atom is -0.239 e. The first-order valence-electron chi connectivity index (χ1n) is 6.06. The second-order valence-electron chi connectivity index (χ2n) is 4.74. The van der Waals surface area contributed by atoms with E-state index in [1.807, 2.05) is 6.08 Å². The first kappa shape index (κ1) is 11.1. The van der Waals surface area contributed by atoms with Crippen molar-refractivity contribution in [1.82, 2.24) is 0 Å². The molecule has 2 aliphatic rings. The molecule has 1 fully saturated rings. The molecule has 0 nitrogen and oxygen atoms in total. The molecule has 0 spiro atoms. The Balaban J connectivity index is 1.75. The summed E-state index contributed by atoms with van der Waals surface area (Å²) in [6.07, 6.45) is 7.45. The quantitative estimate of drug-likeness (QED) is 0.755. The van der Waals surface area contributed by atoms with Crippen LogP contribution in [-0.2, 0) is 6.42 Å². The third kappa shape index (κ3) is 2.19. The summed E-state index contributed by atoms with van der Waals surface area (Å²) < 4.78 is 13.6. The molecule has 0 heterocycles. The Morgan fingerprint density at radius 3 is 3.12 bits per heavy atom. The molecule has 3 rings (SSSR count). The molecule has 1 aromatic rings. The molecular weight excluding hydrogens is 231 g/mol. The van der Waals surface area contributed by atoms with E-state index < -0.39 is 5.67 Å². The zero-order valence-electron chi connectivity index (χ0n) is 9.82. The van der Waals surface area contributed by atoms with Crippen molar-refractivity contribution < 1.29 is 4.39 Å². The summed E-state index contributed by atoms with van der Waals surface area (Å²) in [7, 11) is 0. The van der Waals surface area contributed by atoms with Gasteiger partial charge in [0.25, 0.3) is 0 Å². The number of halogens is 1. The van der Waals surface area contributed by atoms with Crippen molar-refractivity contribution in [2.24, 2.45) is 5.92 Å². The molecule has 1 aromatic carbocycles. The summed E-state index contributed by atoms with van der Waals surface area (Å²) in [5.41, 5.74) is 0.344. The Morgan fingerprint density at radius 2 is 2.35 bits per heavy atom. The predicted molar refractivity (Wildman–Crippen MR) is 70.8 cm³/mol. The van der Waals surface area contributed by atoms with Crippen LogP contribution in [0.5, 0.6) is 0 Å². The maximum absolute atomic E-state index is 13.6. The molecule has 2 aliphatic carbocycles. The van der Waals surface area contributed by atoms with Crippen molar-refractivity contribution in [3.05, 3.63) is 53.0 Å². The van der Waals surface area contributed by atoms with E-state index in [4.69, 9.17) is 0 Å². The van der Waals surface area contributed by atoms with Crippen LogP contribution in [0.25, 0.3) is 0 Å². The van der Waals surface area contributed by atoms with E-state index in [1.54, 1.807) is 17.8 Å². The zero-order valence-corrected chi connectivity index (χ0v) is 10.6. The number of thioether (sulfide) groups is 1. The zero-order chi connectivity index (χ0) is 11.9. The molecule has 0 aliphatic heterocycles. The molecule has 0 saturated heterocycles. The Hall–Kier alpha value is -1.02. The second kappa shape index (κ2) is 4.02.